The summed E-state index contributed by atoms with van der Waals surface area (Å²) < 4.78 is 4.50. The van der Waals surface area contributed by atoms with E-state index >= 15 is 0 Å². The summed E-state index contributed by atoms with van der Waals surface area (Å²) in [4.78, 5) is 0. The maximum Gasteiger partial charge on any atom is 0.135 e. The van der Waals surface area contributed by atoms with Crippen molar-refractivity contribution in [1.82, 2.24) is 10.3 Å². The second-order valence-electron chi connectivity index (χ2n) is 2.66. The molecular formula is C9H8N2O. The fourth-order valence-corrected chi connectivity index (χ4v) is 1.02. The van der Waals surface area contributed by atoms with Gasteiger partial charge in [-0.05, 0) is 12.1 Å². The van der Waals surface area contributed by atoms with E-state index < -0.39 is 0 Å². The molecule has 1 aromatic heterocycles. The largest absolute Gasteiger partial charge is 0.244 e. The van der Waals surface area contributed by atoms with Crippen molar-refractivity contribution in [3.8, 4) is 11.3 Å². The molecule has 2 aromatic rings. The second-order valence-corrected chi connectivity index (χ2v) is 2.66. The van der Waals surface area contributed by atoms with Crippen LogP contribution >= 0.6 is 0 Å². The van der Waals surface area contributed by atoms with E-state index in [0.717, 1.165) is 11.3 Å². The van der Waals surface area contributed by atoms with Gasteiger partial charge in [0.25, 0.3) is 0 Å². The van der Waals surface area contributed by atoms with Crippen molar-refractivity contribution in [1.29, 1.82) is 0 Å². The van der Waals surface area contributed by atoms with Crippen LogP contribution in [-0.2, 0) is 0 Å². The lowest BCUT2D eigenvalue weighted by atomic mass is 10.1. The molecule has 60 valence electrons. The third kappa shape index (κ3) is 1.21. The molecule has 1 heterocycles. The summed E-state index contributed by atoms with van der Waals surface area (Å²) in [6, 6.07) is 8.05. The highest BCUT2D eigenvalue weighted by Gasteiger charge is 1.99. The first-order valence-corrected chi connectivity index (χ1v) is 3.71. The summed E-state index contributed by atoms with van der Waals surface area (Å²) >= 11 is 0. The maximum atomic E-state index is 4.50. The van der Waals surface area contributed by atoms with Crippen molar-refractivity contribution in [2.45, 2.75) is 6.92 Å². The molecule has 1 aromatic carbocycles. The van der Waals surface area contributed by atoms with Gasteiger partial charge in [0.2, 0.25) is 0 Å². The van der Waals surface area contributed by atoms with Gasteiger partial charge in [-0.2, -0.15) is 0 Å². The van der Waals surface area contributed by atoms with Crippen molar-refractivity contribution < 1.29 is 4.63 Å². The molecule has 0 amide bonds. The zero-order chi connectivity index (χ0) is 8.39. The van der Waals surface area contributed by atoms with Gasteiger partial charge >= 0.3 is 0 Å². The third-order valence-corrected chi connectivity index (χ3v) is 1.71. The van der Waals surface area contributed by atoms with E-state index in [0.29, 0.717) is 0 Å². The second kappa shape index (κ2) is 2.77. The van der Waals surface area contributed by atoms with Crippen molar-refractivity contribution in [3.63, 3.8) is 0 Å². The van der Waals surface area contributed by atoms with Gasteiger partial charge in [-0.1, -0.05) is 35.0 Å². The molecule has 0 atom stereocenters. The van der Waals surface area contributed by atoms with Crippen LogP contribution < -0.4 is 0 Å². The Kier molecular flexibility index (Phi) is 1.63. The fraction of sp³-hybridized carbons (Fsp3) is 0.111. The van der Waals surface area contributed by atoms with Crippen LogP contribution in [0.2, 0.25) is 0 Å². The molecule has 0 bridgehead atoms. The van der Waals surface area contributed by atoms with Gasteiger partial charge in [-0.3, -0.25) is 0 Å². The minimum absolute atomic E-state index is 0.773. The van der Waals surface area contributed by atoms with Crippen molar-refractivity contribution in [2.24, 2.45) is 0 Å². The number of hydrogen-bond acceptors (Lipinski definition) is 3. The zero-order valence-electron chi connectivity index (χ0n) is 6.69. The third-order valence-electron chi connectivity index (χ3n) is 1.71. The Labute approximate surface area is 70.0 Å². The Hall–Kier alpha value is -1.64. The molecule has 2 rings (SSSR count). The van der Waals surface area contributed by atoms with Crippen molar-refractivity contribution in [3.05, 3.63) is 36.0 Å². The molecule has 0 aliphatic rings. The SMILES string of the molecule is Cc1ccc(-c2cnon2)cc1. The first kappa shape index (κ1) is 7.03. The van der Waals surface area contributed by atoms with Crippen LogP contribution in [0.25, 0.3) is 11.3 Å². The molecule has 0 aliphatic carbocycles. The quantitative estimate of drug-likeness (QED) is 0.640. The Morgan fingerprint density at radius 2 is 1.92 bits per heavy atom. The Bertz CT molecular complexity index is 351. The Balaban J connectivity index is 2.43. The van der Waals surface area contributed by atoms with Crippen LogP contribution in [0.5, 0.6) is 0 Å². The molecule has 0 saturated carbocycles. The predicted octanol–water partition coefficient (Wildman–Crippen LogP) is 2.05. The van der Waals surface area contributed by atoms with Crippen LogP contribution in [0.3, 0.4) is 0 Å². The van der Waals surface area contributed by atoms with E-state index in [9.17, 15) is 0 Å². The van der Waals surface area contributed by atoms with Gasteiger partial charge in [-0.15, -0.1) is 0 Å². The monoisotopic (exact) mass is 160 g/mol. The standard InChI is InChI=1S/C9H8N2O/c1-7-2-4-8(5-3-7)9-6-10-12-11-9/h2-6H,1H3. The van der Waals surface area contributed by atoms with E-state index in [-0.39, 0.29) is 0 Å². The number of nitrogens with zero attached hydrogens (tertiary/aromatic N) is 2. The van der Waals surface area contributed by atoms with Crippen LogP contribution in [0.15, 0.2) is 35.1 Å². The minimum Gasteiger partial charge on any atom is -0.244 e. The first-order valence-electron chi connectivity index (χ1n) is 3.71. The van der Waals surface area contributed by atoms with Crippen molar-refractivity contribution >= 4 is 0 Å². The number of hydrogen-bond donors (Lipinski definition) is 0. The zero-order valence-corrected chi connectivity index (χ0v) is 6.69. The number of aryl methyl sites for hydroxylation is 1. The van der Waals surface area contributed by atoms with Crippen LogP contribution in [0, 0.1) is 6.92 Å². The molecule has 0 spiro atoms. The van der Waals surface area contributed by atoms with E-state index in [2.05, 4.69) is 14.9 Å². The van der Waals surface area contributed by atoms with Crippen LogP contribution in [0.1, 0.15) is 5.56 Å². The maximum absolute atomic E-state index is 4.50. The first-order chi connectivity index (χ1) is 5.86. The lowest BCUT2D eigenvalue weighted by Crippen LogP contribution is -1.76. The van der Waals surface area contributed by atoms with E-state index in [1.54, 1.807) is 6.20 Å². The Morgan fingerprint density at radius 3 is 2.50 bits per heavy atom. The lowest BCUT2D eigenvalue weighted by Gasteiger charge is -1.94. The summed E-state index contributed by atoms with van der Waals surface area (Å²) in [5.74, 6) is 0. The molecule has 3 heteroatoms. The highest BCUT2D eigenvalue weighted by Crippen LogP contribution is 2.15. The average molecular weight is 160 g/mol. The molecule has 0 radical (unpaired) electrons. The van der Waals surface area contributed by atoms with Gasteiger partial charge in [0.1, 0.15) is 5.69 Å². The molecule has 0 aliphatic heterocycles. The fourth-order valence-electron chi connectivity index (χ4n) is 1.02. The summed E-state index contributed by atoms with van der Waals surface area (Å²) in [6.07, 6.45) is 1.60. The molecule has 3 nitrogen and oxygen atoms in total. The summed E-state index contributed by atoms with van der Waals surface area (Å²) in [6.45, 7) is 2.05. The van der Waals surface area contributed by atoms with E-state index in [1.165, 1.54) is 5.56 Å². The van der Waals surface area contributed by atoms with E-state index in [1.807, 2.05) is 31.2 Å². The highest BCUT2D eigenvalue weighted by atomic mass is 16.6. The van der Waals surface area contributed by atoms with Gasteiger partial charge in [-0.25, -0.2) is 4.63 Å². The van der Waals surface area contributed by atoms with Crippen LogP contribution in [-0.4, -0.2) is 10.3 Å². The highest BCUT2D eigenvalue weighted by molar-refractivity contribution is 5.57. The summed E-state index contributed by atoms with van der Waals surface area (Å²) in [5, 5.41) is 7.26. The lowest BCUT2D eigenvalue weighted by molar-refractivity contribution is 0.308. The minimum atomic E-state index is 0.773. The van der Waals surface area contributed by atoms with Gasteiger partial charge in [0, 0.05) is 5.56 Å². The molecule has 0 unspecified atom stereocenters. The number of rotatable bonds is 1. The smallest absolute Gasteiger partial charge is 0.135 e. The molecule has 0 N–H and O–H groups in total. The summed E-state index contributed by atoms with van der Waals surface area (Å²) in [7, 11) is 0. The number of benzene rings is 1. The summed E-state index contributed by atoms with van der Waals surface area (Å²) in [5.41, 5.74) is 3.03. The molecule has 12 heavy (non-hydrogen) atoms. The van der Waals surface area contributed by atoms with Gasteiger partial charge in [0.15, 0.2) is 0 Å². The van der Waals surface area contributed by atoms with E-state index in [4.69, 9.17) is 0 Å². The van der Waals surface area contributed by atoms with Crippen LogP contribution in [0.4, 0.5) is 0 Å². The van der Waals surface area contributed by atoms with Gasteiger partial charge < -0.3 is 0 Å². The average Bonchev–Trinajstić information content (AvgIpc) is 2.58. The predicted molar refractivity (Wildman–Crippen MR) is 44.5 cm³/mol. The topological polar surface area (TPSA) is 38.9 Å². The normalized spacial score (nSPS) is 10.1. The molecular weight excluding hydrogens is 152 g/mol. The number of aromatic nitrogens is 2. The molecule has 0 fully saturated rings. The molecule has 0 saturated heterocycles. The van der Waals surface area contributed by atoms with Gasteiger partial charge in [0.05, 0.1) is 6.20 Å². The van der Waals surface area contributed by atoms with Crippen molar-refractivity contribution in [2.75, 3.05) is 0 Å². The Morgan fingerprint density at radius 1 is 1.17 bits per heavy atom.